The van der Waals surface area contributed by atoms with Crippen molar-refractivity contribution >= 4 is 17.3 Å². The summed E-state index contributed by atoms with van der Waals surface area (Å²) in [5.41, 5.74) is 6.96. The van der Waals surface area contributed by atoms with Crippen LogP contribution >= 0.6 is 0 Å². The summed E-state index contributed by atoms with van der Waals surface area (Å²) in [7, 11) is 1.57. The van der Waals surface area contributed by atoms with Crippen LogP contribution in [0, 0.1) is 0 Å². The molecule has 1 amide bonds. The zero-order valence-corrected chi connectivity index (χ0v) is 13.5. The Morgan fingerprint density at radius 1 is 1.43 bits per heavy atom. The molecule has 118 valence electrons. The second-order valence-electron chi connectivity index (χ2n) is 5.33. The lowest BCUT2D eigenvalue weighted by molar-refractivity contribution is -0.116. The number of benzene rings is 1. The summed E-state index contributed by atoms with van der Waals surface area (Å²) in [6.45, 7) is 8.40. The van der Waals surface area contributed by atoms with Crippen molar-refractivity contribution < 1.29 is 9.53 Å². The molecular formula is C16H27N3O2. The third kappa shape index (κ3) is 5.63. The Morgan fingerprint density at radius 2 is 2.14 bits per heavy atom. The van der Waals surface area contributed by atoms with E-state index in [1.165, 1.54) is 0 Å². The van der Waals surface area contributed by atoms with Gasteiger partial charge in [0.2, 0.25) is 5.91 Å². The summed E-state index contributed by atoms with van der Waals surface area (Å²) in [6, 6.07) is 5.72. The quantitative estimate of drug-likeness (QED) is 0.723. The average molecular weight is 293 g/mol. The van der Waals surface area contributed by atoms with E-state index in [1.807, 2.05) is 0 Å². The lowest BCUT2D eigenvalue weighted by atomic mass is 10.2. The predicted molar refractivity (Wildman–Crippen MR) is 87.7 cm³/mol. The zero-order chi connectivity index (χ0) is 15.8. The van der Waals surface area contributed by atoms with Crippen molar-refractivity contribution in [2.45, 2.75) is 39.7 Å². The number of methoxy groups -OCH3 is 1. The van der Waals surface area contributed by atoms with E-state index in [4.69, 9.17) is 10.5 Å². The van der Waals surface area contributed by atoms with Gasteiger partial charge in [0, 0.05) is 18.2 Å². The first-order valence-electron chi connectivity index (χ1n) is 7.45. The Kier molecular flexibility index (Phi) is 7.02. The van der Waals surface area contributed by atoms with Crippen molar-refractivity contribution in [1.29, 1.82) is 0 Å². The molecule has 1 aromatic rings. The van der Waals surface area contributed by atoms with Gasteiger partial charge in [-0.1, -0.05) is 6.92 Å². The molecule has 0 unspecified atom stereocenters. The molecule has 0 aliphatic heterocycles. The maximum atomic E-state index is 12.0. The van der Waals surface area contributed by atoms with Crippen LogP contribution in [0.5, 0.6) is 5.75 Å². The lowest BCUT2D eigenvalue weighted by Crippen LogP contribution is -2.32. The standard InChI is InChI=1S/C16H27N3O2/c1-5-19(12(2)3)10-6-7-16(20)18-14-11-13(17)8-9-15(14)21-4/h8-9,11-12H,5-7,10,17H2,1-4H3,(H,18,20). The van der Waals surface area contributed by atoms with E-state index in [9.17, 15) is 4.79 Å². The van der Waals surface area contributed by atoms with Crippen LogP contribution in [0.1, 0.15) is 33.6 Å². The number of nitrogens with zero attached hydrogens (tertiary/aromatic N) is 1. The largest absolute Gasteiger partial charge is 0.495 e. The normalized spacial score (nSPS) is 11.0. The lowest BCUT2D eigenvalue weighted by Gasteiger charge is -2.24. The Balaban J connectivity index is 2.49. The van der Waals surface area contributed by atoms with E-state index in [1.54, 1.807) is 25.3 Å². The highest BCUT2D eigenvalue weighted by molar-refractivity contribution is 5.92. The van der Waals surface area contributed by atoms with E-state index in [0.717, 1.165) is 19.5 Å². The minimum Gasteiger partial charge on any atom is -0.495 e. The summed E-state index contributed by atoms with van der Waals surface area (Å²) >= 11 is 0. The predicted octanol–water partition coefficient (Wildman–Crippen LogP) is 2.73. The Labute approximate surface area is 127 Å². The Hall–Kier alpha value is -1.75. The van der Waals surface area contributed by atoms with E-state index in [0.29, 0.717) is 29.6 Å². The second kappa shape index (κ2) is 8.52. The third-order valence-electron chi connectivity index (χ3n) is 3.48. The zero-order valence-electron chi connectivity index (χ0n) is 13.5. The fourth-order valence-corrected chi connectivity index (χ4v) is 2.26. The van der Waals surface area contributed by atoms with Crippen LogP contribution in [-0.2, 0) is 4.79 Å². The summed E-state index contributed by atoms with van der Waals surface area (Å²) in [6.07, 6.45) is 1.32. The van der Waals surface area contributed by atoms with Crippen LogP contribution < -0.4 is 15.8 Å². The molecule has 0 radical (unpaired) electrons. The maximum absolute atomic E-state index is 12.0. The number of ether oxygens (including phenoxy) is 1. The van der Waals surface area contributed by atoms with Crippen LogP contribution in [0.15, 0.2) is 18.2 Å². The number of anilines is 2. The minimum absolute atomic E-state index is 0.0151. The number of hydrogen-bond donors (Lipinski definition) is 2. The number of hydrogen-bond acceptors (Lipinski definition) is 4. The number of carbonyl (C=O) groups excluding carboxylic acids is 1. The van der Waals surface area contributed by atoms with Crippen LogP contribution in [0.25, 0.3) is 0 Å². The van der Waals surface area contributed by atoms with E-state index in [2.05, 4.69) is 31.0 Å². The SMILES string of the molecule is CCN(CCCC(=O)Nc1cc(N)ccc1OC)C(C)C. The van der Waals surface area contributed by atoms with E-state index >= 15 is 0 Å². The summed E-state index contributed by atoms with van der Waals surface area (Å²) < 4.78 is 5.21. The van der Waals surface area contributed by atoms with E-state index < -0.39 is 0 Å². The summed E-state index contributed by atoms with van der Waals surface area (Å²) in [4.78, 5) is 14.3. The molecule has 1 aromatic carbocycles. The molecule has 0 bridgehead atoms. The number of nitrogen functional groups attached to an aromatic ring is 1. The smallest absolute Gasteiger partial charge is 0.224 e. The van der Waals surface area contributed by atoms with Gasteiger partial charge in [-0.25, -0.2) is 0 Å². The molecule has 21 heavy (non-hydrogen) atoms. The van der Waals surface area contributed by atoms with Gasteiger partial charge in [-0.3, -0.25) is 4.79 Å². The first kappa shape index (κ1) is 17.3. The van der Waals surface area contributed by atoms with Gasteiger partial charge in [0.15, 0.2) is 0 Å². The van der Waals surface area contributed by atoms with Gasteiger partial charge >= 0.3 is 0 Å². The highest BCUT2D eigenvalue weighted by Crippen LogP contribution is 2.26. The van der Waals surface area contributed by atoms with Crippen molar-refractivity contribution in [2.75, 3.05) is 31.2 Å². The molecule has 5 nitrogen and oxygen atoms in total. The van der Waals surface area contributed by atoms with Crippen LogP contribution in [0.3, 0.4) is 0 Å². The second-order valence-corrected chi connectivity index (χ2v) is 5.33. The third-order valence-corrected chi connectivity index (χ3v) is 3.48. The maximum Gasteiger partial charge on any atom is 0.224 e. The molecule has 0 aromatic heterocycles. The van der Waals surface area contributed by atoms with Gasteiger partial charge in [0.05, 0.1) is 12.8 Å². The average Bonchev–Trinajstić information content (AvgIpc) is 2.43. The highest BCUT2D eigenvalue weighted by atomic mass is 16.5. The summed E-state index contributed by atoms with van der Waals surface area (Å²) in [5, 5.41) is 2.86. The van der Waals surface area contributed by atoms with Gasteiger partial charge in [0.1, 0.15) is 5.75 Å². The Bertz CT molecular complexity index is 461. The molecule has 1 rings (SSSR count). The van der Waals surface area contributed by atoms with E-state index in [-0.39, 0.29) is 5.91 Å². The van der Waals surface area contributed by atoms with Crippen molar-refractivity contribution in [3.05, 3.63) is 18.2 Å². The molecule has 5 heteroatoms. The molecule has 0 atom stereocenters. The van der Waals surface area contributed by atoms with Crippen molar-refractivity contribution in [3.63, 3.8) is 0 Å². The number of carbonyl (C=O) groups is 1. The number of rotatable bonds is 8. The van der Waals surface area contributed by atoms with Crippen LogP contribution in [-0.4, -0.2) is 37.0 Å². The monoisotopic (exact) mass is 293 g/mol. The molecule has 0 saturated carbocycles. The van der Waals surface area contributed by atoms with Gasteiger partial charge in [-0.05, 0) is 51.6 Å². The topological polar surface area (TPSA) is 67.6 Å². The molecule has 0 aliphatic carbocycles. The van der Waals surface area contributed by atoms with Crippen LogP contribution in [0.2, 0.25) is 0 Å². The van der Waals surface area contributed by atoms with Crippen molar-refractivity contribution in [2.24, 2.45) is 0 Å². The highest BCUT2D eigenvalue weighted by Gasteiger charge is 2.10. The van der Waals surface area contributed by atoms with Crippen molar-refractivity contribution in [1.82, 2.24) is 4.90 Å². The minimum atomic E-state index is -0.0151. The molecule has 0 aliphatic rings. The fraction of sp³-hybridized carbons (Fsp3) is 0.562. The summed E-state index contributed by atoms with van der Waals surface area (Å²) in [5.74, 6) is 0.605. The molecular weight excluding hydrogens is 266 g/mol. The molecule has 0 fully saturated rings. The first-order chi connectivity index (χ1) is 9.97. The Morgan fingerprint density at radius 3 is 2.71 bits per heavy atom. The molecule has 0 spiro atoms. The number of nitrogens with one attached hydrogen (secondary N) is 1. The molecule has 0 saturated heterocycles. The fourth-order valence-electron chi connectivity index (χ4n) is 2.26. The van der Waals surface area contributed by atoms with Crippen molar-refractivity contribution in [3.8, 4) is 5.75 Å². The molecule has 0 heterocycles. The van der Waals surface area contributed by atoms with Gasteiger partial charge in [-0.2, -0.15) is 0 Å². The van der Waals surface area contributed by atoms with Gasteiger partial charge < -0.3 is 20.7 Å². The van der Waals surface area contributed by atoms with Crippen LogP contribution in [0.4, 0.5) is 11.4 Å². The first-order valence-corrected chi connectivity index (χ1v) is 7.45. The molecule has 3 N–H and O–H groups in total. The van der Waals surface area contributed by atoms with Gasteiger partial charge in [0.25, 0.3) is 0 Å². The number of amides is 1. The number of nitrogens with two attached hydrogens (primary N) is 1. The van der Waals surface area contributed by atoms with Gasteiger partial charge in [-0.15, -0.1) is 0 Å².